The van der Waals surface area contributed by atoms with E-state index in [4.69, 9.17) is 9.47 Å². The maximum atomic E-state index is 12.5. The van der Waals surface area contributed by atoms with Gasteiger partial charge in [-0.2, -0.15) is 0 Å². The molecule has 0 radical (unpaired) electrons. The molecule has 5 rings (SSSR count). The Morgan fingerprint density at radius 1 is 0.692 bits per heavy atom. The number of hydrogen-bond acceptors (Lipinski definition) is 5. The monoisotopic (exact) mass is 544 g/mol. The Labute approximate surface area is 237 Å². The van der Waals surface area contributed by atoms with Gasteiger partial charge in [-0.25, -0.2) is 0 Å². The van der Waals surface area contributed by atoms with Crippen LogP contribution in [0.25, 0.3) is 0 Å². The van der Waals surface area contributed by atoms with Crippen molar-refractivity contribution < 1.29 is 24.2 Å². The molecule has 39 heavy (non-hydrogen) atoms. The number of ether oxygens (including phenoxy) is 2. The summed E-state index contributed by atoms with van der Waals surface area (Å²) in [6.45, 7) is 22.1. The number of esters is 2. The van der Waals surface area contributed by atoms with Crippen LogP contribution in [0, 0.1) is 56.7 Å². The number of rotatable bonds is 2. The first kappa shape index (κ1) is 29.4. The molecule has 5 saturated carbocycles. The Kier molecular flexibility index (Phi) is 6.74. The highest BCUT2D eigenvalue weighted by atomic mass is 16.5. The smallest absolute Gasteiger partial charge is 0.302 e. The van der Waals surface area contributed by atoms with Crippen LogP contribution in [-0.4, -0.2) is 34.9 Å². The van der Waals surface area contributed by atoms with Crippen molar-refractivity contribution in [3.8, 4) is 0 Å². The van der Waals surface area contributed by atoms with E-state index in [0.717, 1.165) is 44.9 Å². The molecule has 12 atom stereocenters. The van der Waals surface area contributed by atoms with E-state index in [1.165, 1.54) is 12.8 Å². The Hall–Kier alpha value is -1.10. The van der Waals surface area contributed by atoms with Crippen LogP contribution >= 0.6 is 0 Å². The molecule has 1 N–H and O–H groups in total. The van der Waals surface area contributed by atoms with Crippen LogP contribution < -0.4 is 0 Å². The van der Waals surface area contributed by atoms with Crippen molar-refractivity contribution >= 4 is 11.9 Å². The van der Waals surface area contributed by atoms with E-state index >= 15 is 0 Å². The summed E-state index contributed by atoms with van der Waals surface area (Å²) in [5.74, 6) is 1.73. The molecular weight excluding hydrogens is 488 g/mol. The van der Waals surface area contributed by atoms with Crippen LogP contribution in [0.4, 0.5) is 0 Å². The van der Waals surface area contributed by atoms with Crippen molar-refractivity contribution in [2.75, 3.05) is 0 Å². The Morgan fingerprint density at radius 3 is 1.92 bits per heavy atom. The van der Waals surface area contributed by atoms with Gasteiger partial charge in [-0.3, -0.25) is 9.59 Å². The number of carbonyl (C=O) groups is 2. The topological polar surface area (TPSA) is 72.8 Å². The predicted octanol–water partition coefficient (Wildman–Crippen LogP) is 7.33. The van der Waals surface area contributed by atoms with Crippen LogP contribution in [0.1, 0.15) is 127 Å². The number of fused-ring (bicyclic) bond motifs is 7. The Morgan fingerprint density at radius 2 is 1.31 bits per heavy atom. The standard InChI is InChI=1S/C34H56O5/c1-20-28-23-11-12-25-30(6)15-14-26(38-21(2)35)29(4,5)24(30)13-16-32(25,8)33(23,9)19-27(39-22(3)36)31(28,7)17-18-34(20,10)37/h20,23-28,37H,11-19H2,1-10H3/t20-,23+,24-,25+,26-,27-,28+,30-,31+,32+,33+,34+/m0/s1. The minimum atomic E-state index is -0.691. The lowest BCUT2D eigenvalue weighted by atomic mass is 9.31. The molecule has 0 aromatic heterocycles. The van der Waals surface area contributed by atoms with E-state index in [0.29, 0.717) is 23.7 Å². The van der Waals surface area contributed by atoms with Gasteiger partial charge in [-0.05, 0) is 111 Å². The third-order valence-corrected chi connectivity index (χ3v) is 14.7. The van der Waals surface area contributed by atoms with Gasteiger partial charge in [0.15, 0.2) is 0 Å². The molecule has 222 valence electrons. The van der Waals surface area contributed by atoms with Crippen molar-refractivity contribution in [1.82, 2.24) is 0 Å². The highest BCUT2D eigenvalue weighted by molar-refractivity contribution is 5.66. The van der Waals surface area contributed by atoms with Crippen LogP contribution in [0.15, 0.2) is 0 Å². The van der Waals surface area contributed by atoms with E-state index in [-0.39, 0.29) is 57.1 Å². The van der Waals surface area contributed by atoms with Crippen molar-refractivity contribution in [1.29, 1.82) is 0 Å². The van der Waals surface area contributed by atoms with E-state index in [9.17, 15) is 14.7 Å². The van der Waals surface area contributed by atoms with Crippen LogP contribution in [-0.2, 0) is 19.1 Å². The zero-order chi connectivity index (χ0) is 29.0. The Bertz CT molecular complexity index is 1020. The van der Waals surface area contributed by atoms with Crippen LogP contribution in [0.2, 0.25) is 0 Å². The van der Waals surface area contributed by atoms with E-state index in [1.54, 1.807) is 13.8 Å². The van der Waals surface area contributed by atoms with Crippen molar-refractivity contribution in [2.24, 2.45) is 56.7 Å². The summed E-state index contributed by atoms with van der Waals surface area (Å²) in [6.07, 6.45) is 9.20. The molecule has 0 aliphatic heterocycles. The van der Waals surface area contributed by atoms with Gasteiger partial charge in [-0.15, -0.1) is 0 Å². The fraction of sp³-hybridized carbons (Fsp3) is 0.941. The fourth-order valence-electron chi connectivity index (χ4n) is 12.4. The lowest BCUT2D eigenvalue weighted by Crippen LogP contribution is -2.70. The largest absolute Gasteiger partial charge is 0.462 e. The second-order valence-electron chi connectivity index (χ2n) is 16.6. The maximum absolute atomic E-state index is 12.5. The van der Waals surface area contributed by atoms with Gasteiger partial charge >= 0.3 is 11.9 Å². The van der Waals surface area contributed by atoms with E-state index in [1.807, 2.05) is 6.92 Å². The zero-order valence-corrected chi connectivity index (χ0v) is 26.5. The average Bonchev–Trinajstić information content (AvgIpc) is 2.80. The first-order valence-electron chi connectivity index (χ1n) is 15.9. The molecule has 0 aromatic carbocycles. The van der Waals surface area contributed by atoms with Crippen molar-refractivity contribution in [2.45, 2.75) is 145 Å². The third kappa shape index (κ3) is 3.93. The van der Waals surface area contributed by atoms with Gasteiger partial charge in [0.05, 0.1) is 5.60 Å². The third-order valence-electron chi connectivity index (χ3n) is 14.7. The molecule has 5 aliphatic rings. The van der Waals surface area contributed by atoms with Gasteiger partial charge in [0.1, 0.15) is 12.2 Å². The molecule has 0 unspecified atom stereocenters. The Balaban J connectivity index is 1.56. The summed E-state index contributed by atoms with van der Waals surface area (Å²) >= 11 is 0. The van der Waals surface area contributed by atoms with Gasteiger partial charge in [-0.1, -0.05) is 48.5 Å². The van der Waals surface area contributed by atoms with Crippen molar-refractivity contribution in [3.63, 3.8) is 0 Å². The van der Waals surface area contributed by atoms with E-state index < -0.39 is 5.60 Å². The lowest BCUT2D eigenvalue weighted by Gasteiger charge is -2.74. The molecule has 0 heterocycles. The minimum absolute atomic E-state index is 0.0154. The molecule has 0 aromatic rings. The number of hydrogen-bond donors (Lipinski definition) is 1. The summed E-state index contributed by atoms with van der Waals surface area (Å²) in [5.41, 5.74) is -0.529. The zero-order valence-electron chi connectivity index (χ0n) is 26.5. The summed E-state index contributed by atoms with van der Waals surface area (Å²) in [5, 5.41) is 11.5. The normalized spacial score (nSPS) is 54.3. The molecule has 0 bridgehead atoms. The second-order valence-corrected chi connectivity index (χ2v) is 16.6. The van der Waals surface area contributed by atoms with Gasteiger partial charge in [0, 0.05) is 24.7 Å². The lowest BCUT2D eigenvalue weighted by molar-refractivity contribution is -0.286. The highest BCUT2D eigenvalue weighted by Crippen LogP contribution is 2.77. The highest BCUT2D eigenvalue weighted by Gasteiger charge is 2.72. The average molecular weight is 545 g/mol. The minimum Gasteiger partial charge on any atom is -0.462 e. The molecule has 5 nitrogen and oxygen atoms in total. The summed E-state index contributed by atoms with van der Waals surface area (Å²) in [7, 11) is 0. The summed E-state index contributed by atoms with van der Waals surface area (Å²) < 4.78 is 12.2. The predicted molar refractivity (Wildman–Crippen MR) is 153 cm³/mol. The van der Waals surface area contributed by atoms with E-state index in [2.05, 4.69) is 48.5 Å². The van der Waals surface area contributed by atoms with Gasteiger partial charge < -0.3 is 14.6 Å². The van der Waals surface area contributed by atoms with Gasteiger partial charge in [0.25, 0.3) is 0 Å². The molecular formula is C34H56O5. The quantitative estimate of drug-likeness (QED) is 0.368. The van der Waals surface area contributed by atoms with Crippen molar-refractivity contribution in [3.05, 3.63) is 0 Å². The second kappa shape index (κ2) is 8.95. The maximum Gasteiger partial charge on any atom is 0.302 e. The van der Waals surface area contributed by atoms with Crippen LogP contribution in [0.3, 0.4) is 0 Å². The first-order chi connectivity index (χ1) is 17.8. The SMILES string of the molecule is CC(=O)O[C@H]1CC[C@]2(C)[C@H]3CC[C@@H]4[C@H]5[C@H](C)[C@](C)(O)CC[C@]5(C)[C@@H](OC(C)=O)C[C@@]4(C)[C@]3(C)CC[C@H]2C1(C)C. The molecule has 5 aliphatic carbocycles. The van der Waals surface area contributed by atoms with Crippen LogP contribution in [0.5, 0.6) is 0 Å². The first-order valence-corrected chi connectivity index (χ1v) is 15.9. The molecule has 0 amide bonds. The molecule has 5 fully saturated rings. The number of aliphatic hydroxyl groups is 1. The molecule has 0 saturated heterocycles. The molecule has 0 spiro atoms. The summed E-state index contributed by atoms with van der Waals surface area (Å²) in [4.78, 5) is 24.4. The summed E-state index contributed by atoms with van der Waals surface area (Å²) in [6, 6.07) is 0. The van der Waals surface area contributed by atoms with Gasteiger partial charge in [0.2, 0.25) is 0 Å². The fourth-order valence-corrected chi connectivity index (χ4v) is 12.4. The molecule has 5 heteroatoms. The number of carbonyl (C=O) groups excluding carboxylic acids is 2.